The molecule has 1 aromatic carbocycles. The number of alkyl halides is 3. The van der Waals surface area contributed by atoms with E-state index in [0.717, 1.165) is 29.2 Å². The monoisotopic (exact) mass is 360 g/mol. The maximum atomic E-state index is 13.4. The number of hydrogen-bond donors (Lipinski definition) is 0. The first-order valence-corrected chi connectivity index (χ1v) is 6.96. The van der Waals surface area contributed by atoms with Crippen LogP contribution in [0.3, 0.4) is 0 Å². The van der Waals surface area contributed by atoms with Gasteiger partial charge in [-0.2, -0.15) is 13.2 Å². The lowest BCUT2D eigenvalue weighted by Crippen LogP contribution is -2.27. The summed E-state index contributed by atoms with van der Waals surface area (Å²) in [5.74, 6) is -2.32. The van der Waals surface area contributed by atoms with E-state index in [4.69, 9.17) is 4.74 Å². The Balaban J connectivity index is 2.50. The van der Waals surface area contributed by atoms with E-state index in [1.54, 1.807) is 0 Å². The molecule has 1 aromatic heterocycles. The Morgan fingerprint density at radius 2 is 2.04 bits per heavy atom. The number of carbonyl (C=O) groups excluding carboxylic acids is 1. The minimum absolute atomic E-state index is 0.0175. The number of aromatic nitrogens is 2. The van der Waals surface area contributed by atoms with Crippen molar-refractivity contribution >= 4 is 5.97 Å². The van der Waals surface area contributed by atoms with Crippen molar-refractivity contribution in [2.45, 2.75) is 13.1 Å². The number of hydrogen-bond acceptors (Lipinski definition) is 5. The Bertz CT molecular complexity index is 833. The first-order valence-electron chi connectivity index (χ1n) is 6.96. The van der Waals surface area contributed by atoms with Crippen LogP contribution in [0.1, 0.15) is 17.3 Å². The molecular weight excluding hydrogens is 348 g/mol. The van der Waals surface area contributed by atoms with Gasteiger partial charge in [0.05, 0.1) is 12.3 Å². The van der Waals surface area contributed by atoms with E-state index in [-0.39, 0.29) is 12.3 Å². The van der Waals surface area contributed by atoms with Gasteiger partial charge in [0.25, 0.3) is 5.56 Å². The smallest absolute Gasteiger partial charge is 0.422 e. The molecule has 0 aliphatic carbocycles. The summed E-state index contributed by atoms with van der Waals surface area (Å²) in [5, 5.41) is 0. The minimum atomic E-state index is -4.65. The molecule has 10 heteroatoms. The summed E-state index contributed by atoms with van der Waals surface area (Å²) in [7, 11) is 0. The molecule has 0 N–H and O–H groups in total. The first-order chi connectivity index (χ1) is 11.7. The molecule has 2 rings (SSSR count). The highest BCUT2D eigenvalue weighted by atomic mass is 19.4. The quantitative estimate of drug-likeness (QED) is 0.605. The molecule has 0 unspecified atom stereocenters. The molecule has 0 aliphatic heterocycles. The topological polar surface area (TPSA) is 70.4 Å². The molecule has 134 valence electrons. The van der Waals surface area contributed by atoms with Crippen LogP contribution in [-0.4, -0.2) is 34.9 Å². The molecular formula is C15H12F4N2O4. The highest BCUT2D eigenvalue weighted by Crippen LogP contribution is 2.25. The molecule has 0 amide bonds. The summed E-state index contributed by atoms with van der Waals surface area (Å²) in [6, 6.07) is 2.67. The normalized spacial score (nSPS) is 11.2. The Hall–Kier alpha value is -2.91. The second-order valence-corrected chi connectivity index (χ2v) is 4.72. The zero-order chi connectivity index (χ0) is 18.6. The number of nitrogens with zero attached hydrogens (tertiary/aromatic N) is 2. The minimum Gasteiger partial charge on any atom is -0.482 e. The summed E-state index contributed by atoms with van der Waals surface area (Å²) in [5.41, 5.74) is -1.51. The molecule has 6 nitrogen and oxygen atoms in total. The summed E-state index contributed by atoms with van der Waals surface area (Å²) in [6.45, 7) is -0.122. The van der Waals surface area contributed by atoms with E-state index in [0.29, 0.717) is 6.07 Å². The molecule has 0 spiro atoms. The van der Waals surface area contributed by atoms with Crippen LogP contribution >= 0.6 is 0 Å². The second kappa shape index (κ2) is 7.32. The van der Waals surface area contributed by atoms with Crippen molar-refractivity contribution in [3.63, 3.8) is 0 Å². The number of rotatable bonds is 5. The van der Waals surface area contributed by atoms with Crippen molar-refractivity contribution < 1.29 is 31.8 Å². The van der Waals surface area contributed by atoms with Gasteiger partial charge in [-0.25, -0.2) is 14.2 Å². The summed E-state index contributed by atoms with van der Waals surface area (Å²) < 4.78 is 60.5. The largest absolute Gasteiger partial charge is 0.482 e. The van der Waals surface area contributed by atoms with Crippen LogP contribution in [-0.2, 0) is 4.74 Å². The summed E-state index contributed by atoms with van der Waals surface area (Å²) in [4.78, 5) is 27.8. The van der Waals surface area contributed by atoms with Crippen molar-refractivity contribution in [1.29, 1.82) is 0 Å². The van der Waals surface area contributed by atoms with Crippen LogP contribution in [0.2, 0.25) is 0 Å². The lowest BCUT2D eigenvalue weighted by Gasteiger charge is -2.14. The fraction of sp³-hybridized carbons (Fsp3) is 0.267. The lowest BCUT2D eigenvalue weighted by atomic mass is 10.2. The van der Waals surface area contributed by atoms with Gasteiger partial charge >= 0.3 is 12.1 Å². The third-order valence-electron chi connectivity index (χ3n) is 2.90. The molecule has 0 fully saturated rings. The number of halogens is 4. The number of carbonyl (C=O) groups is 1. The lowest BCUT2D eigenvalue weighted by molar-refractivity contribution is -0.153. The Labute approximate surface area is 138 Å². The highest BCUT2D eigenvalue weighted by Gasteiger charge is 2.29. The Morgan fingerprint density at radius 1 is 1.32 bits per heavy atom. The average Bonchev–Trinajstić information content (AvgIpc) is 2.53. The van der Waals surface area contributed by atoms with Crippen LogP contribution in [0.25, 0.3) is 5.69 Å². The molecule has 0 bridgehead atoms. The van der Waals surface area contributed by atoms with Gasteiger partial charge in [0.1, 0.15) is 23.5 Å². The third kappa shape index (κ3) is 4.55. The zero-order valence-corrected chi connectivity index (χ0v) is 12.8. The molecule has 25 heavy (non-hydrogen) atoms. The molecule has 0 saturated heterocycles. The van der Waals surface area contributed by atoms with Crippen LogP contribution in [0.5, 0.6) is 5.75 Å². The van der Waals surface area contributed by atoms with E-state index in [9.17, 15) is 27.2 Å². The standard InChI is InChI=1S/C15H12F4N2O4/c1-2-24-14(23)10-6-20-8-21(13(10)22)11-4-3-9(16)5-12(11)25-7-15(17,18)19/h3-6,8H,2,7H2,1H3. The van der Waals surface area contributed by atoms with E-state index >= 15 is 0 Å². The maximum absolute atomic E-state index is 13.4. The van der Waals surface area contributed by atoms with E-state index < -0.39 is 41.4 Å². The molecule has 0 aliphatic rings. The van der Waals surface area contributed by atoms with Gasteiger partial charge in [-0.15, -0.1) is 0 Å². The first kappa shape index (κ1) is 18.4. The summed E-state index contributed by atoms with van der Waals surface area (Å²) >= 11 is 0. The third-order valence-corrected chi connectivity index (χ3v) is 2.90. The van der Waals surface area contributed by atoms with Gasteiger partial charge in [0.2, 0.25) is 0 Å². The van der Waals surface area contributed by atoms with Gasteiger partial charge < -0.3 is 9.47 Å². The van der Waals surface area contributed by atoms with Crippen molar-refractivity contribution in [1.82, 2.24) is 9.55 Å². The van der Waals surface area contributed by atoms with Crippen LogP contribution in [0, 0.1) is 5.82 Å². The van der Waals surface area contributed by atoms with E-state index in [1.165, 1.54) is 6.92 Å². The molecule has 1 heterocycles. The van der Waals surface area contributed by atoms with Crippen molar-refractivity contribution in [2.75, 3.05) is 13.2 Å². The van der Waals surface area contributed by atoms with Gasteiger partial charge in [0.15, 0.2) is 6.61 Å². The fourth-order valence-electron chi connectivity index (χ4n) is 1.89. The van der Waals surface area contributed by atoms with Gasteiger partial charge in [-0.05, 0) is 19.1 Å². The van der Waals surface area contributed by atoms with Gasteiger partial charge in [-0.3, -0.25) is 9.36 Å². The van der Waals surface area contributed by atoms with Crippen LogP contribution in [0.15, 0.2) is 35.5 Å². The summed E-state index contributed by atoms with van der Waals surface area (Å²) in [6.07, 6.45) is -2.71. The number of ether oxygens (including phenoxy) is 2. The SMILES string of the molecule is CCOC(=O)c1cncn(-c2ccc(F)cc2OCC(F)(F)F)c1=O. The van der Waals surface area contributed by atoms with Gasteiger partial charge in [0, 0.05) is 12.3 Å². The molecule has 0 atom stereocenters. The molecule has 0 saturated carbocycles. The second-order valence-electron chi connectivity index (χ2n) is 4.72. The zero-order valence-electron chi connectivity index (χ0n) is 12.8. The molecule has 0 radical (unpaired) electrons. The molecule has 2 aromatic rings. The van der Waals surface area contributed by atoms with E-state index in [1.807, 2.05) is 0 Å². The van der Waals surface area contributed by atoms with Crippen LogP contribution in [0.4, 0.5) is 17.6 Å². The van der Waals surface area contributed by atoms with Crippen molar-refractivity contribution in [2.24, 2.45) is 0 Å². The van der Waals surface area contributed by atoms with Gasteiger partial charge in [-0.1, -0.05) is 0 Å². The maximum Gasteiger partial charge on any atom is 0.422 e. The average molecular weight is 360 g/mol. The Kier molecular flexibility index (Phi) is 5.40. The van der Waals surface area contributed by atoms with E-state index in [2.05, 4.69) is 9.72 Å². The predicted octanol–water partition coefficient (Wildman–Crippen LogP) is 2.49. The number of esters is 1. The predicted molar refractivity (Wildman–Crippen MR) is 77.3 cm³/mol. The highest BCUT2D eigenvalue weighted by molar-refractivity contribution is 5.88. The fourth-order valence-corrected chi connectivity index (χ4v) is 1.89. The Morgan fingerprint density at radius 3 is 2.68 bits per heavy atom. The van der Waals surface area contributed by atoms with Crippen molar-refractivity contribution in [3.8, 4) is 11.4 Å². The number of benzene rings is 1. The van der Waals surface area contributed by atoms with Crippen LogP contribution < -0.4 is 10.3 Å². The van der Waals surface area contributed by atoms with Crippen molar-refractivity contribution in [3.05, 3.63) is 52.5 Å².